The number of rotatable bonds is 6. The predicted octanol–water partition coefficient (Wildman–Crippen LogP) is 4.89. The molecule has 0 spiro atoms. The van der Waals surface area contributed by atoms with Crippen molar-refractivity contribution in [1.29, 1.82) is 0 Å². The molecule has 0 atom stereocenters. The Morgan fingerprint density at radius 2 is 2.13 bits per heavy atom. The number of hydrogen-bond donors (Lipinski definition) is 0. The van der Waals surface area contributed by atoms with E-state index >= 15 is 0 Å². The minimum absolute atomic E-state index is 0.634. The molecule has 0 unspecified atom stereocenters. The first-order chi connectivity index (χ1) is 14.7. The Labute approximate surface area is 182 Å². The van der Waals surface area contributed by atoms with Gasteiger partial charge in [-0.1, -0.05) is 18.7 Å². The molecule has 1 aliphatic rings. The Morgan fingerprint density at radius 1 is 1.27 bits per heavy atom. The summed E-state index contributed by atoms with van der Waals surface area (Å²) in [5, 5.41) is 11.1. The normalized spacial score (nSPS) is 13.7. The lowest BCUT2D eigenvalue weighted by atomic mass is 9.97. The average Bonchev–Trinajstić information content (AvgIpc) is 3.37. The average molecular weight is 439 g/mol. The van der Waals surface area contributed by atoms with Crippen LogP contribution in [0.5, 0.6) is 5.75 Å². The van der Waals surface area contributed by atoms with Gasteiger partial charge >= 0.3 is 0 Å². The van der Waals surface area contributed by atoms with E-state index in [2.05, 4.69) is 21.5 Å². The summed E-state index contributed by atoms with van der Waals surface area (Å²) in [5.41, 5.74) is 3.95. The zero-order valence-electron chi connectivity index (χ0n) is 17.0. The highest BCUT2D eigenvalue weighted by Gasteiger charge is 2.23. The lowest BCUT2D eigenvalue weighted by Crippen LogP contribution is -2.03. The molecule has 154 valence electrons. The van der Waals surface area contributed by atoms with Crippen LogP contribution >= 0.6 is 23.1 Å². The lowest BCUT2D eigenvalue weighted by Gasteiger charge is -2.11. The molecule has 0 bridgehead atoms. The molecule has 5 rings (SSSR count). The number of nitrogens with zero attached hydrogens (tertiary/aromatic N) is 4. The van der Waals surface area contributed by atoms with E-state index in [1.165, 1.54) is 28.7 Å². The van der Waals surface area contributed by atoms with Crippen LogP contribution in [-0.4, -0.2) is 33.0 Å². The highest BCUT2D eigenvalue weighted by atomic mass is 32.2. The van der Waals surface area contributed by atoms with Gasteiger partial charge in [-0.15, -0.1) is 21.5 Å². The third kappa shape index (κ3) is 3.18. The summed E-state index contributed by atoms with van der Waals surface area (Å²) >= 11 is 3.42. The minimum atomic E-state index is 0.634. The van der Waals surface area contributed by atoms with Crippen LogP contribution in [0.3, 0.4) is 0 Å². The molecular formula is C22H22N4O2S2. The third-order valence-electron chi connectivity index (χ3n) is 5.61. The minimum Gasteiger partial charge on any atom is -0.496 e. The van der Waals surface area contributed by atoms with Crippen LogP contribution in [0.25, 0.3) is 15.9 Å². The molecule has 0 saturated heterocycles. The van der Waals surface area contributed by atoms with Crippen molar-refractivity contribution in [3.8, 4) is 5.75 Å². The molecule has 0 fully saturated rings. The van der Waals surface area contributed by atoms with Crippen molar-refractivity contribution in [2.24, 2.45) is 0 Å². The number of aryl methyl sites for hydroxylation is 3. The molecule has 0 saturated carbocycles. The number of carbonyl (C=O) groups is 1. The van der Waals surface area contributed by atoms with Gasteiger partial charge < -0.3 is 4.74 Å². The molecule has 8 heteroatoms. The Bertz CT molecular complexity index is 1260. The smallest absolute Gasteiger partial charge is 0.197 e. The molecule has 4 aromatic rings. The molecular weight excluding hydrogens is 416 g/mol. The second-order valence-corrected chi connectivity index (χ2v) is 9.42. The first-order valence-corrected chi connectivity index (χ1v) is 12.0. The van der Waals surface area contributed by atoms with E-state index in [9.17, 15) is 4.79 Å². The molecule has 0 radical (unpaired) electrons. The van der Waals surface area contributed by atoms with Crippen molar-refractivity contribution in [2.45, 2.75) is 49.9 Å². The van der Waals surface area contributed by atoms with Crippen molar-refractivity contribution in [3.05, 3.63) is 45.6 Å². The molecule has 0 aliphatic heterocycles. The maximum absolute atomic E-state index is 11.2. The van der Waals surface area contributed by atoms with Gasteiger partial charge in [-0.05, 0) is 49.4 Å². The number of methoxy groups -OCH3 is 1. The van der Waals surface area contributed by atoms with Crippen molar-refractivity contribution < 1.29 is 9.53 Å². The molecule has 3 aromatic heterocycles. The summed E-state index contributed by atoms with van der Waals surface area (Å²) in [5.74, 6) is 2.39. The summed E-state index contributed by atoms with van der Waals surface area (Å²) in [6.45, 7) is 2.12. The fourth-order valence-corrected chi connectivity index (χ4v) is 6.35. The first kappa shape index (κ1) is 19.5. The van der Waals surface area contributed by atoms with Gasteiger partial charge in [0, 0.05) is 28.2 Å². The molecule has 3 heterocycles. The zero-order chi connectivity index (χ0) is 20.7. The van der Waals surface area contributed by atoms with E-state index in [-0.39, 0.29) is 0 Å². The Balaban J connectivity index is 1.58. The lowest BCUT2D eigenvalue weighted by molar-refractivity contribution is 0.112. The fraction of sp³-hybridized carbons (Fsp3) is 0.364. The Hall–Kier alpha value is -2.45. The molecule has 0 N–H and O–H groups in total. The molecule has 6 nitrogen and oxygen atoms in total. The molecule has 1 aliphatic carbocycles. The summed E-state index contributed by atoms with van der Waals surface area (Å²) in [6, 6.07) is 5.47. The predicted molar refractivity (Wildman–Crippen MR) is 120 cm³/mol. The summed E-state index contributed by atoms with van der Waals surface area (Å²) < 4.78 is 7.59. The van der Waals surface area contributed by atoms with E-state index in [1.807, 2.05) is 23.5 Å². The van der Waals surface area contributed by atoms with E-state index in [1.54, 1.807) is 24.9 Å². The Kier molecular flexibility index (Phi) is 5.20. The van der Waals surface area contributed by atoms with Gasteiger partial charge in [0.2, 0.25) is 0 Å². The number of aldehydes is 1. The van der Waals surface area contributed by atoms with Gasteiger partial charge in [-0.25, -0.2) is 4.98 Å². The van der Waals surface area contributed by atoms with Crippen LogP contribution in [0.15, 0.2) is 23.4 Å². The largest absolute Gasteiger partial charge is 0.496 e. The van der Waals surface area contributed by atoms with E-state index in [4.69, 9.17) is 9.72 Å². The number of thiophene rings is 1. The standard InChI is InChI=1S/C22H22N4O2S2/c1-3-18-23-21-19(15-6-4-5-7-17(15)30-21)20-24-25-22(26(18)20)29-12-14-10-13(11-27)8-9-16(14)28-2/h8-11H,3-7,12H2,1-2H3. The van der Waals surface area contributed by atoms with Crippen molar-refractivity contribution >= 4 is 45.2 Å². The topological polar surface area (TPSA) is 69.4 Å². The monoisotopic (exact) mass is 438 g/mol. The molecule has 30 heavy (non-hydrogen) atoms. The van der Waals surface area contributed by atoms with Crippen LogP contribution in [0.2, 0.25) is 0 Å². The summed E-state index contributed by atoms with van der Waals surface area (Å²) in [7, 11) is 1.64. The highest BCUT2D eigenvalue weighted by molar-refractivity contribution is 7.98. The van der Waals surface area contributed by atoms with Crippen LogP contribution in [0.1, 0.15) is 52.0 Å². The summed E-state index contributed by atoms with van der Waals surface area (Å²) in [4.78, 5) is 18.7. The van der Waals surface area contributed by atoms with Crippen LogP contribution in [0.4, 0.5) is 0 Å². The van der Waals surface area contributed by atoms with Gasteiger partial charge in [0.1, 0.15) is 22.7 Å². The second-order valence-electron chi connectivity index (χ2n) is 7.39. The van der Waals surface area contributed by atoms with Crippen LogP contribution < -0.4 is 4.74 Å². The number of benzene rings is 1. The number of ether oxygens (including phenoxy) is 1. The van der Waals surface area contributed by atoms with Crippen molar-refractivity contribution in [1.82, 2.24) is 19.6 Å². The van der Waals surface area contributed by atoms with Crippen LogP contribution in [-0.2, 0) is 25.0 Å². The number of aromatic nitrogens is 4. The van der Waals surface area contributed by atoms with Gasteiger partial charge in [-0.3, -0.25) is 9.20 Å². The molecule has 0 amide bonds. The molecule has 1 aromatic carbocycles. The first-order valence-electron chi connectivity index (χ1n) is 10.2. The maximum Gasteiger partial charge on any atom is 0.197 e. The fourth-order valence-electron chi connectivity index (χ4n) is 4.15. The van der Waals surface area contributed by atoms with E-state index in [0.717, 1.165) is 58.3 Å². The third-order valence-corrected chi connectivity index (χ3v) is 7.78. The second kappa shape index (κ2) is 8.00. The number of carbonyl (C=O) groups excluding carboxylic acids is 1. The van der Waals surface area contributed by atoms with Crippen molar-refractivity contribution in [2.75, 3.05) is 7.11 Å². The highest BCUT2D eigenvalue weighted by Crippen LogP contribution is 2.38. The van der Waals surface area contributed by atoms with E-state index in [0.29, 0.717) is 11.3 Å². The van der Waals surface area contributed by atoms with E-state index < -0.39 is 0 Å². The number of fused-ring (bicyclic) bond motifs is 5. The number of thioether (sulfide) groups is 1. The SMILES string of the molecule is CCc1nc2sc3c(c2c2nnc(SCc4cc(C=O)ccc4OC)n12)CCCC3. The summed E-state index contributed by atoms with van der Waals surface area (Å²) in [6.07, 6.45) is 6.39. The van der Waals surface area contributed by atoms with Gasteiger partial charge in [0.15, 0.2) is 10.8 Å². The maximum atomic E-state index is 11.2. The zero-order valence-corrected chi connectivity index (χ0v) is 18.6. The Morgan fingerprint density at radius 3 is 2.93 bits per heavy atom. The van der Waals surface area contributed by atoms with Crippen molar-refractivity contribution in [3.63, 3.8) is 0 Å². The van der Waals surface area contributed by atoms with Gasteiger partial charge in [0.05, 0.1) is 12.5 Å². The number of hydrogen-bond acceptors (Lipinski definition) is 7. The van der Waals surface area contributed by atoms with Gasteiger partial charge in [0.25, 0.3) is 0 Å². The van der Waals surface area contributed by atoms with Crippen LogP contribution in [0, 0.1) is 0 Å². The van der Waals surface area contributed by atoms with Gasteiger partial charge in [-0.2, -0.15) is 0 Å². The quantitative estimate of drug-likeness (QED) is 0.315.